The van der Waals surface area contributed by atoms with Crippen molar-refractivity contribution < 1.29 is 0 Å². The molecule has 4 heteroatoms. The van der Waals surface area contributed by atoms with Crippen LogP contribution in [0.15, 0.2) is 10.5 Å². The molecule has 0 radical (unpaired) electrons. The Balaban J connectivity index is 2.62. The Morgan fingerprint density at radius 2 is 2.08 bits per heavy atom. The van der Waals surface area contributed by atoms with Crippen LogP contribution in [-0.4, -0.2) is 18.0 Å². The summed E-state index contributed by atoms with van der Waals surface area (Å²) in [6, 6.07) is 2.10. The van der Waals surface area contributed by atoms with Gasteiger partial charge in [-0.05, 0) is 35.1 Å². The zero-order valence-electron chi connectivity index (χ0n) is 7.81. The molecule has 1 heterocycles. The van der Waals surface area contributed by atoms with E-state index in [4.69, 9.17) is 11.6 Å². The lowest BCUT2D eigenvalue weighted by molar-refractivity contribution is 0.298. The Bertz CT molecular complexity index is 251. The number of nitrogens with zero attached hydrogens (tertiary/aromatic N) is 1. The zero-order chi connectivity index (χ0) is 9.84. The summed E-state index contributed by atoms with van der Waals surface area (Å²) in [5, 5.41) is 0. The normalized spacial score (nSPS) is 11.2. The molecule has 0 aliphatic carbocycles. The lowest BCUT2D eigenvalue weighted by Crippen LogP contribution is -2.21. The molecule has 0 bridgehead atoms. The Morgan fingerprint density at radius 1 is 1.46 bits per heavy atom. The van der Waals surface area contributed by atoms with Gasteiger partial charge in [0.05, 0.1) is 0 Å². The fraction of sp³-hybridized carbons (Fsp3) is 0.556. The van der Waals surface area contributed by atoms with Crippen molar-refractivity contribution in [3.63, 3.8) is 0 Å². The average Bonchev–Trinajstić information content (AvgIpc) is 2.42. The van der Waals surface area contributed by atoms with Crippen molar-refractivity contribution >= 4 is 38.9 Å². The summed E-state index contributed by atoms with van der Waals surface area (Å²) < 4.78 is 1.86. The second-order valence-electron chi connectivity index (χ2n) is 2.80. The van der Waals surface area contributed by atoms with Gasteiger partial charge in [0.2, 0.25) is 0 Å². The first kappa shape index (κ1) is 11.5. The van der Waals surface area contributed by atoms with Crippen LogP contribution in [0.5, 0.6) is 0 Å². The average molecular weight is 283 g/mol. The van der Waals surface area contributed by atoms with Crippen LogP contribution in [0.1, 0.15) is 18.7 Å². The van der Waals surface area contributed by atoms with Gasteiger partial charge in [-0.1, -0.05) is 25.4 Å². The minimum Gasteiger partial charge on any atom is -0.299 e. The molecule has 13 heavy (non-hydrogen) atoms. The fourth-order valence-electron chi connectivity index (χ4n) is 1.14. The second-order valence-corrected chi connectivity index (χ2v) is 5.39. The summed E-state index contributed by atoms with van der Waals surface area (Å²) in [5.41, 5.74) is 0. The van der Waals surface area contributed by atoms with E-state index in [1.54, 1.807) is 11.3 Å². The van der Waals surface area contributed by atoms with E-state index < -0.39 is 0 Å². The molecule has 1 aromatic heterocycles. The molecule has 0 saturated heterocycles. The predicted molar refractivity (Wildman–Crippen MR) is 63.7 cm³/mol. The maximum absolute atomic E-state index is 5.95. The minimum atomic E-state index is 0.849. The molecular formula is C9H13BrClNS. The molecule has 1 rings (SSSR count). The van der Waals surface area contributed by atoms with Gasteiger partial charge in [0.15, 0.2) is 0 Å². The van der Waals surface area contributed by atoms with Gasteiger partial charge < -0.3 is 0 Å². The second kappa shape index (κ2) is 5.35. The van der Waals surface area contributed by atoms with Gasteiger partial charge in [0.1, 0.15) is 4.34 Å². The number of rotatable bonds is 4. The maximum Gasteiger partial charge on any atom is 0.107 e. The Labute approximate surface area is 96.8 Å². The van der Waals surface area contributed by atoms with Crippen LogP contribution < -0.4 is 0 Å². The quantitative estimate of drug-likeness (QED) is 0.807. The summed E-state index contributed by atoms with van der Waals surface area (Å²) >= 11 is 11.0. The molecule has 0 aromatic carbocycles. The molecule has 0 fully saturated rings. The first-order valence-corrected chi connectivity index (χ1v) is 6.32. The SMILES string of the molecule is CCN(CC)Cc1cc(Br)c(Cl)s1. The highest BCUT2D eigenvalue weighted by atomic mass is 79.9. The van der Waals surface area contributed by atoms with Crippen molar-refractivity contribution in [2.24, 2.45) is 0 Å². The van der Waals surface area contributed by atoms with Crippen molar-refractivity contribution in [3.8, 4) is 0 Å². The molecule has 1 nitrogen and oxygen atoms in total. The van der Waals surface area contributed by atoms with Crippen LogP contribution in [0.25, 0.3) is 0 Å². The molecular weight excluding hydrogens is 270 g/mol. The van der Waals surface area contributed by atoms with Crippen molar-refractivity contribution in [1.29, 1.82) is 0 Å². The molecule has 0 saturated carbocycles. The van der Waals surface area contributed by atoms with E-state index in [9.17, 15) is 0 Å². The smallest absolute Gasteiger partial charge is 0.107 e. The zero-order valence-corrected chi connectivity index (χ0v) is 11.0. The van der Waals surface area contributed by atoms with Crippen LogP contribution in [0.3, 0.4) is 0 Å². The van der Waals surface area contributed by atoms with Gasteiger partial charge >= 0.3 is 0 Å². The van der Waals surface area contributed by atoms with Gasteiger partial charge in [-0.15, -0.1) is 11.3 Å². The number of thiophene rings is 1. The molecule has 0 atom stereocenters. The van der Waals surface area contributed by atoms with Gasteiger partial charge in [0, 0.05) is 15.9 Å². The molecule has 0 aliphatic heterocycles. The highest BCUT2D eigenvalue weighted by molar-refractivity contribution is 9.10. The first-order chi connectivity index (χ1) is 6.17. The van der Waals surface area contributed by atoms with E-state index in [2.05, 4.69) is 40.7 Å². The van der Waals surface area contributed by atoms with E-state index in [0.717, 1.165) is 28.4 Å². The third-order valence-corrected chi connectivity index (χ3v) is 4.43. The summed E-state index contributed by atoms with van der Waals surface area (Å²) in [6.45, 7) is 7.53. The summed E-state index contributed by atoms with van der Waals surface area (Å²) in [6.07, 6.45) is 0. The lowest BCUT2D eigenvalue weighted by Gasteiger charge is -2.16. The number of hydrogen-bond acceptors (Lipinski definition) is 2. The third-order valence-electron chi connectivity index (χ3n) is 1.97. The van der Waals surface area contributed by atoms with Crippen molar-refractivity contribution in [2.75, 3.05) is 13.1 Å². The standard InChI is InChI=1S/C9H13BrClNS/c1-3-12(4-2)6-7-5-8(10)9(11)13-7/h5H,3-4,6H2,1-2H3. The van der Waals surface area contributed by atoms with Crippen LogP contribution in [0, 0.1) is 0 Å². The summed E-state index contributed by atoms with van der Waals surface area (Å²) in [4.78, 5) is 3.69. The van der Waals surface area contributed by atoms with Crippen LogP contribution >= 0.6 is 38.9 Å². The maximum atomic E-state index is 5.95. The third kappa shape index (κ3) is 3.24. The highest BCUT2D eigenvalue weighted by Crippen LogP contribution is 2.32. The molecule has 1 aromatic rings. The van der Waals surface area contributed by atoms with Gasteiger partial charge in [-0.3, -0.25) is 4.90 Å². The van der Waals surface area contributed by atoms with Gasteiger partial charge in [-0.25, -0.2) is 0 Å². The monoisotopic (exact) mass is 281 g/mol. The van der Waals surface area contributed by atoms with Crippen LogP contribution in [0.2, 0.25) is 4.34 Å². The number of halogens is 2. The first-order valence-electron chi connectivity index (χ1n) is 4.33. The van der Waals surface area contributed by atoms with E-state index in [1.165, 1.54) is 4.88 Å². The lowest BCUT2D eigenvalue weighted by atomic mass is 10.4. The van der Waals surface area contributed by atoms with E-state index in [0.29, 0.717) is 0 Å². The summed E-state index contributed by atoms with van der Waals surface area (Å²) in [5.74, 6) is 0. The Kier molecular flexibility index (Phi) is 4.73. The van der Waals surface area contributed by atoms with Gasteiger partial charge in [-0.2, -0.15) is 0 Å². The molecule has 0 unspecified atom stereocenters. The Hall–Kier alpha value is 0.430. The van der Waals surface area contributed by atoms with Crippen molar-refractivity contribution in [2.45, 2.75) is 20.4 Å². The predicted octanol–water partition coefficient (Wildman–Crippen LogP) is 4.01. The molecule has 0 N–H and O–H groups in total. The fourth-order valence-corrected chi connectivity index (χ4v) is 2.97. The molecule has 0 amide bonds. The van der Waals surface area contributed by atoms with Crippen molar-refractivity contribution in [3.05, 3.63) is 19.8 Å². The topological polar surface area (TPSA) is 3.24 Å². The highest BCUT2D eigenvalue weighted by Gasteiger charge is 2.07. The Morgan fingerprint density at radius 3 is 2.46 bits per heavy atom. The van der Waals surface area contributed by atoms with E-state index in [-0.39, 0.29) is 0 Å². The largest absolute Gasteiger partial charge is 0.299 e. The van der Waals surface area contributed by atoms with Crippen LogP contribution in [-0.2, 0) is 6.54 Å². The molecule has 0 spiro atoms. The summed E-state index contributed by atoms with van der Waals surface area (Å²) in [7, 11) is 0. The minimum absolute atomic E-state index is 0.849. The number of hydrogen-bond donors (Lipinski definition) is 0. The van der Waals surface area contributed by atoms with E-state index >= 15 is 0 Å². The van der Waals surface area contributed by atoms with Crippen molar-refractivity contribution in [1.82, 2.24) is 4.90 Å². The van der Waals surface area contributed by atoms with Crippen LogP contribution in [0.4, 0.5) is 0 Å². The van der Waals surface area contributed by atoms with Gasteiger partial charge in [0.25, 0.3) is 0 Å². The molecule has 0 aliphatic rings. The van der Waals surface area contributed by atoms with E-state index in [1.807, 2.05) is 0 Å². The molecule has 74 valence electrons.